The normalized spacial score (nSPS) is 22.9. The molecule has 0 spiro atoms. The molecule has 0 aromatic carbocycles. The molecule has 1 aromatic rings. The molecule has 5 heteroatoms. The lowest BCUT2D eigenvalue weighted by Gasteiger charge is -2.19. The Balaban J connectivity index is 1.84. The molecule has 1 N–H and O–H groups in total. The summed E-state index contributed by atoms with van der Waals surface area (Å²) in [6, 6.07) is 0. The van der Waals surface area contributed by atoms with Crippen molar-refractivity contribution < 1.29 is 4.74 Å². The number of nitrogens with zero attached hydrogens (tertiary/aromatic N) is 3. The van der Waals surface area contributed by atoms with Crippen LogP contribution in [0.5, 0.6) is 0 Å². The highest BCUT2D eigenvalue weighted by Gasteiger charge is 2.31. The van der Waals surface area contributed by atoms with Gasteiger partial charge in [0.05, 0.1) is 23.9 Å². The van der Waals surface area contributed by atoms with Gasteiger partial charge in [-0.25, -0.2) is 4.68 Å². The van der Waals surface area contributed by atoms with E-state index in [0.29, 0.717) is 0 Å². The Morgan fingerprint density at radius 3 is 2.79 bits per heavy atom. The minimum absolute atomic E-state index is 0.0157. The van der Waals surface area contributed by atoms with Crippen LogP contribution in [-0.4, -0.2) is 32.2 Å². The molecule has 1 aromatic heterocycles. The molecule has 1 atom stereocenters. The second-order valence-corrected chi connectivity index (χ2v) is 7.07. The molecule has 1 fully saturated rings. The second-order valence-electron chi connectivity index (χ2n) is 7.07. The molecule has 0 aliphatic carbocycles. The largest absolute Gasteiger partial charge is 0.370 e. The first-order valence-electron chi connectivity index (χ1n) is 7.05. The molecule has 2 heterocycles. The molecule has 0 saturated carbocycles. The number of rotatable bonds is 4. The van der Waals surface area contributed by atoms with Gasteiger partial charge in [0.2, 0.25) is 0 Å². The van der Waals surface area contributed by atoms with E-state index in [1.54, 1.807) is 0 Å². The van der Waals surface area contributed by atoms with Crippen LogP contribution in [0.1, 0.15) is 53.2 Å². The zero-order valence-electron chi connectivity index (χ0n) is 12.7. The van der Waals surface area contributed by atoms with Crippen molar-refractivity contribution in [2.75, 3.05) is 0 Å². The predicted octanol–water partition coefficient (Wildman–Crippen LogP) is 2.12. The van der Waals surface area contributed by atoms with Crippen molar-refractivity contribution in [2.45, 2.75) is 77.8 Å². The maximum Gasteiger partial charge on any atom is 0.0965 e. The fraction of sp³-hybridized carbons (Fsp3) is 0.857. The van der Waals surface area contributed by atoms with Gasteiger partial charge < -0.3 is 10.1 Å². The van der Waals surface area contributed by atoms with Crippen molar-refractivity contribution in [1.29, 1.82) is 0 Å². The van der Waals surface area contributed by atoms with Gasteiger partial charge in [-0.15, -0.1) is 5.10 Å². The van der Waals surface area contributed by atoms with Crippen molar-refractivity contribution >= 4 is 0 Å². The first-order chi connectivity index (χ1) is 8.73. The van der Waals surface area contributed by atoms with Crippen LogP contribution in [0.15, 0.2) is 6.20 Å². The number of hydrogen-bond donors (Lipinski definition) is 1. The minimum Gasteiger partial charge on any atom is -0.370 e. The molecular formula is C14H26N4O. The van der Waals surface area contributed by atoms with E-state index in [2.05, 4.69) is 50.2 Å². The average Bonchev–Trinajstić information content (AvgIpc) is 2.82. The first-order valence-corrected chi connectivity index (χ1v) is 7.05. The van der Waals surface area contributed by atoms with Gasteiger partial charge >= 0.3 is 0 Å². The number of aromatic nitrogens is 3. The van der Waals surface area contributed by atoms with Gasteiger partial charge in [-0.05, 0) is 47.5 Å². The van der Waals surface area contributed by atoms with E-state index < -0.39 is 0 Å². The predicted molar refractivity (Wildman–Crippen MR) is 74.8 cm³/mol. The van der Waals surface area contributed by atoms with Crippen LogP contribution in [0.25, 0.3) is 0 Å². The van der Waals surface area contributed by atoms with E-state index in [4.69, 9.17) is 4.74 Å². The Bertz CT molecular complexity index is 419. The lowest BCUT2D eigenvalue weighted by molar-refractivity contribution is -0.0231. The number of hydrogen-bond acceptors (Lipinski definition) is 4. The monoisotopic (exact) mass is 266 g/mol. The van der Waals surface area contributed by atoms with Crippen LogP contribution in [0, 0.1) is 0 Å². The summed E-state index contributed by atoms with van der Waals surface area (Å²) < 4.78 is 7.87. The molecular weight excluding hydrogens is 240 g/mol. The summed E-state index contributed by atoms with van der Waals surface area (Å²) in [7, 11) is 0. The first kappa shape index (κ1) is 14.5. The van der Waals surface area contributed by atoms with E-state index >= 15 is 0 Å². The molecule has 0 bridgehead atoms. The van der Waals surface area contributed by atoms with Crippen molar-refractivity contribution in [3.05, 3.63) is 11.9 Å². The van der Waals surface area contributed by atoms with Crippen LogP contribution in [0.4, 0.5) is 0 Å². The minimum atomic E-state index is 0.0157. The quantitative estimate of drug-likeness (QED) is 0.907. The Morgan fingerprint density at radius 1 is 1.47 bits per heavy atom. The smallest absolute Gasteiger partial charge is 0.0965 e. The molecule has 2 rings (SSSR count). The van der Waals surface area contributed by atoms with Gasteiger partial charge in [0.25, 0.3) is 0 Å². The van der Waals surface area contributed by atoms with Crippen molar-refractivity contribution in [3.8, 4) is 0 Å². The average molecular weight is 266 g/mol. The second kappa shape index (κ2) is 5.21. The Morgan fingerprint density at radius 2 is 2.21 bits per heavy atom. The Kier molecular flexibility index (Phi) is 3.97. The molecule has 0 radical (unpaired) electrons. The van der Waals surface area contributed by atoms with E-state index in [1.165, 1.54) is 0 Å². The topological polar surface area (TPSA) is 52.0 Å². The van der Waals surface area contributed by atoms with E-state index in [-0.39, 0.29) is 17.2 Å². The fourth-order valence-electron chi connectivity index (χ4n) is 2.28. The Labute approximate surface area is 115 Å². The van der Waals surface area contributed by atoms with E-state index in [9.17, 15) is 0 Å². The van der Waals surface area contributed by atoms with Gasteiger partial charge in [-0.2, -0.15) is 0 Å². The summed E-state index contributed by atoms with van der Waals surface area (Å²) >= 11 is 0. The maximum absolute atomic E-state index is 5.97. The highest BCUT2D eigenvalue weighted by molar-refractivity contribution is 4.93. The third-order valence-electron chi connectivity index (χ3n) is 3.33. The molecule has 0 amide bonds. The summed E-state index contributed by atoms with van der Waals surface area (Å²) in [6.07, 6.45) is 4.49. The third kappa shape index (κ3) is 4.58. The van der Waals surface area contributed by atoms with Crippen molar-refractivity contribution in [2.24, 2.45) is 0 Å². The highest BCUT2D eigenvalue weighted by Crippen LogP contribution is 2.29. The molecule has 1 aliphatic rings. The SMILES string of the molecule is CC(C)(C)NCc1cn(CC2CCC(C)(C)O2)nn1. The van der Waals surface area contributed by atoms with Crippen LogP contribution in [0.2, 0.25) is 0 Å². The maximum atomic E-state index is 5.97. The van der Waals surface area contributed by atoms with Gasteiger partial charge in [-0.3, -0.25) is 0 Å². The van der Waals surface area contributed by atoms with E-state index in [1.807, 2.05) is 10.9 Å². The lowest BCUT2D eigenvalue weighted by atomic mass is 10.1. The zero-order chi connectivity index (χ0) is 14.1. The van der Waals surface area contributed by atoms with Crippen LogP contribution >= 0.6 is 0 Å². The van der Waals surface area contributed by atoms with Crippen molar-refractivity contribution in [1.82, 2.24) is 20.3 Å². The summed E-state index contributed by atoms with van der Waals surface area (Å²) in [6.45, 7) is 12.3. The Hall–Kier alpha value is -0.940. The van der Waals surface area contributed by atoms with Gasteiger partial charge in [0.1, 0.15) is 0 Å². The van der Waals surface area contributed by atoms with E-state index in [0.717, 1.165) is 31.6 Å². The molecule has 1 unspecified atom stereocenters. The van der Waals surface area contributed by atoms with Gasteiger partial charge in [-0.1, -0.05) is 5.21 Å². The van der Waals surface area contributed by atoms with Crippen LogP contribution in [0.3, 0.4) is 0 Å². The highest BCUT2D eigenvalue weighted by atomic mass is 16.5. The zero-order valence-corrected chi connectivity index (χ0v) is 12.7. The van der Waals surface area contributed by atoms with Crippen LogP contribution < -0.4 is 5.32 Å². The van der Waals surface area contributed by atoms with Crippen molar-refractivity contribution in [3.63, 3.8) is 0 Å². The summed E-state index contributed by atoms with van der Waals surface area (Å²) in [5.41, 5.74) is 1.09. The molecule has 5 nitrogen and oxygen atoms in total. The molecule has 108 valence electrons. The fourth-order valence-corrected chi connectivity index (χ4v) is 2.28. The summed E-state index contributed by atoms with van der Waals surface area (Å²) in [4.78, 5) is 0. The lowest BCUT2D eigenvalue weighted by Crippen LogP contribution is -2.35. The number of nitrogens with one attached hydrogen (secondary N) is 1. The van der Waals surface area contributed by atoms with Gasteiger partial charge in [0, 0.05) is 18.3 Å². The van der Waals surface area contributed by atoms with Gasteiger partial charge in [0.15, 0.2) is 0 Å². The molecule has 1 saturated heterocycles. The molecule has 19 heavy (non-hydrogen) atoms. The summed E-state index contributed by atoms with van der Waals surface area (Å²) in [5.74, 6) is 0. The number of ether oxygens (including phenoxy) is 1. The standard InChI is InChI=1S/C14H26N4O/c1-13(2,3)15-8-11-9-18(17-16-11)10-12-6-7-14(4,5)19-12/h9,12,15H,6-8,10H2,1-5H3. The third-order valence-corrected chi connectivity index (χ3v) is 3.33. The van der Waals surface area contributed by atoms with Crippen LogP contribution in [-0.2, 0) is 17.8 Å². The summed E-state index contributed by atoms with van der Waals surface area (Å²) in [5, 5.41) is 11.8. The molecule has 1 aliphatic heterocycles.